The topological polar surface area (TPSA) is 34.1 Å². The first-order valence-electron chi connectivity index (χ1n) is 7.76. The van der Waals surface area contributed by atoms with Crippen molar-refractivity contribution in [3.8, 4) is 17.0 Å². The summed E-state index contributed by atoms with van der Waals surface area (Å²) < 4.78 is 5.19. The Bertz CT molecular complexity index is 751. The maximum atomic E-state index is 5.19. The lowest BCUT2D eigenvalue weighted by Gasteiger charge is -2.03. The van der Waals surface area contributed by atoms with Gasteiger partial charge in [0.05, 0.1) is 12.8 Å². The van der Waals surface area contributed by atoms with E-state index in [4.69, 9.17) is 9.72 Å². The van der Waals surface area contributed by atoms with Gasteiger partial charge in [-0.15, -0.1) is 11.3 Å². The minimum absolute atomic E-state index is 0.853. The molecule has 0 aliphatic carbocycles. The molecule has 3 rings (SSSR count). The molecular formula is C19H20N2OS. The Kier molecular flexibility index (Phi) is 4.93. The van der Waals surface area contributed by atoms with Crippen LogP contribution >= 0.6 is 11.3 Å². The van der Waals surface area contributed by atoms with Crippen molar-refractivity contribution in [2.24, 2.45) is 0 Å². The summed E-state index contributed by atoms with van der Waals surface area (Å²) in [4.78, 5) is 6.14. The van der Waals surface area contributed by atoms with Gasteiger partial charge >= 0.3 is 0 Å². The number of rotatable bonds is 6. The van der Waals surface area contributed by atoms with Crippen molar-refractivity contribution in [2.75, 3.05) is 12.4 Å². The Hall–Kier alpha value is -2.33. The number of hydrogen-bond acceptors (Lipinski definition) is 4. The van der Waals surface area contributed by atoms with E-state index >= 15 is 0 Å². The molecule has 1 N–H and O–H groups in total. The fourth-order valence-electron chi connectivity index (χ4n) is 2.42. The fourth-order valence-corrected chi connectivity index (χ4v) is 3.53. The van der Waals surface area contributed by atoms with Crippen LogP contribution in [0.25, 0.3) is 11.3 Å². The number of nitrogens with zero attached hydrogens (tertiary/aromatic N) is 1. The van der Waals surface area contributed by atoms with Crippen LogP contribution in [-0.2, 0) is 6.42 Å². The van der Waals surface area contributed by atoms with Crippen LogP contribution in [0.2, 0.25) is 0 Å². The van der Waals surface area contributed by atoms with Crippen molar-refractivity contribution < 1.29 is 4.74 Å². The van der Waals surface area contributed by atoms with Crippen LogP contribution in [0, 0.1) is 0 Å². The lowest BCUT2D eigenvalue weighted by Crippen LogP contribution is -1.90. The maximum absolute atomic E-state index is 5.19. The molecular weight excluding hydrogens is 304 g/mol. The molecule has 0 saturated carbocycles. The summed E-state index contributed by atoms with van der Waals surface area (Å²) in [6, 6.07) is 18.3. The highest BCUT2D eigenvalue weighted by Crippen LogP contribution is 2.33. The van der Waals surface area contributed by atoms with Crippen LogP contribution in [0.4, 0.5) is 10.8 Å². The number of aryl methyl sites for hydroxylation is 1. The summed E-state index contributed by atoms with van der Waals surface area (Å²) in [5.74, 6) is 0.853. The Balaban J connectivity index is 1.87. The summed E-state index contributed by atoms with van der Waals surface area (Å²) >= 11 is 1.73. The molecule has 0 fully saturated rings. The molecule has 0 saturated heterocycles. The molecule has 118 valence electrons. The average molecular weight is 324 g/mol. The molecule has 23 heavy (non-hydrogen) atoms. The largest absolute Gasteiger partial charge is 0.497 e. The second kappa shape index (κ2) is 7.29. The zero-order valence-corrected chi connectivity index (χ0v) is 14.2. The molecule has 0 unspecified atom stereocenters. The van der Waals surface area contributed by atoms with Gasteiger partial charge in [0.15, 0.2) is 5.13 Å². The normalized spacial score (nSPS) is 10.5. The van der Waals surface area contributed by atoms with E-state index in [0.717, 1.165) is 35.1 Å². The monoisotopic (exact) mass is 324 g/mol. The molecule has 0 radical (unpaired) electrons. The Labute approximate surface area is 141 Å². The SMILES string of the molecule is CCCc1sc(Nc2ccc(OC)cc2)nc1-c1ccccc1. The van der Waals surface area contributed by atoms with Crippen LogP contribution in [0.15, 0.2) is 54.6 Å². The van der Waals surface area contributed by atoms with Crippen molar-refractivity contribution >= 4 is 22.2 Å². The van der Waals surface area contributed by atoms with Crippen LogP contribution in [-0.4, -0.2) is 12.1 Å². The van der Waals surface area contributed by atoms with Crippen molar-refractivity contribution in [1.29, 1.82) is 0 Å². The lowest BCUT2D eigenvalue weighted by atomic mass is 10.1. The van der Waals surface area contributed by atoms with Crippen molar-refractivity contribution in [1.82, 2.24) is 4.98 Å². The van der Waals surface area contributed by atoms with E-state index in [1.165, 1.54) is 10.4 Å². The van der Waals surface area contributed by atoms with Gasteiger partial charge in [0.1, 0.15) is 5.75 Å². The number of methoxy groups -OCH3 is 1. The number of anilines is 2. The van der Waals surface area contributed by atoms with E-state index in [1.807, 2.05) is 30.3 Å². The Morgan fingerprint density at radius 2 is 1.78 bits per heavy atom. The first-order chi connectivity index (χ1) is 11.3. The summed E-state index contributed by atoms with van der Waals surface area (Å²) in [7, 11) is 1.67. The molecule has 4 heteroatoms. The number of nitrogens with one attached hydrogen (secondary N) is 1. The maximum Gasteiger partial charge on any atom is 0.187 e. The molecule has 0 amide bonds. The summed E-state index contributed by atoms with van der Waals surface area (Å²) in [5.41, 5.74) is 3.28. The molecule has 3 aromatic rings. The third-order valence-electron chi connectivity index (χ3n) is 3.56. The van der Waals surface area contributed by atoms with Gasteiger partial charge in [-0.1, -0.05) is 43.7 Å². The summed E-state index contributed by atoms with van der Waals surface area (Å²) in [5, 5.41) is 4.32. The highest BCUT2D eigenvalue weighted by atomic mass is 32.1. The zero-order valence-electron chi connectivity index (χ0n) is 13.4. The highest BCUT2D eigenvalue weighted by Gasteiger charge is 2.12. The Morgan fingerprint density at radius 3 is 2.43 bits per heavy atom. The van der Waals surface area contributed by atoms with Crippen LogP contribution in [0.5, 0.6) is 5.75 Å². The van der Waals surface area contributed by atoms with E-state index in [-0.39, 0.29) is 0 Å². The quantitative estimate of drug-likeness (QED) is 0.648. The third kappa shape index (κ3) is 3.71. The predicted molar refractivity (Wildman–Crippen MR) is 97.8 cm³/mol. The second-order valence-corrected chi connectivity index (χ2v) is 6.34. The number of hydrogen-bond donors (Lipinski definition) is 1. The van der Waals surface area contributed by atoms with Gasteiger partial charge < -0.3 is 10.1 Å². The third-order valence-corrected chi connectivity index (χ3v) is 4.59. The number of ether oxygens (including phenoxy) is 1. The lowest BCUT2D eigenvalue weighted by molar-refractivity contribution is 0.415. The first-order valence-corrected chi connectivity index (χ1v) is 8.58. The predicted octanol–water partition coefficient (Wildman–Crippen LogP) is 5.51. The molecule has 0 spiro atoms. The number of benzene rings is 2. The van der Waals surface area contributed by atoms with E-state index in [0.29, 0.717) is 0 Å². The molecule has 3 nitrogen and oxygen atoms in total. The molecule has 0 aliphatic rings. The first kappa shape index (κ1) is 15.6. The second-order valence-electron chi connectivity index (χ2n) is 5.26. The smallest absolute Gasteiger partial charge is 0.187 e. The molecule has 1 heterocycles. The standard InChI is InChI=1S/C19H20N2OS/c1-3-7-17-18(14-8-5-4-6-9-14)21-19(23-17)20-15-10-12-16(22-2)13-11-15/h4-6,8-13H,3,7H2,1-2H3,(H,20,21). The van der Waals surface area contributed by atoms with Crippen molar-refractivity contribution in [3.05, 3.63) is 59.5 Å². The van der Waals surface area contributed by atoms with E-state index in [1.54, 1.807) is 18.4 Å². The summed E-state index contributed by atoms with van der Waals surface area (Å²) in [6.45, 7) is 2.20. The highest BCUT2D eigenvalue weighted by molar-refractivity contribution is 7.16. The van der Waals surface area contributed by atoms with Gasteiger partial charge in [0.25, 0.3) is 0 Å². The fraction of sp³-hybridized carbons (Fsp3) is 0.211. The molecule has 2 aromatic carbocycles. The average Bonchev–Trinajstić information content (AvgIpc) is 2.99. The van der Waals surface area contributed by atoms with Gasteiger partial charge in [-0.05, 0) is 30.7 Å². The summed E-state index contributed by atoms with van der Waals surface area (Å²) in [6.07, 6.45) is 2.16. The van der Waals surface area contributed by atoms with Gasteiger partial charge in [-0.25, -0.2) is 4.98 Å². The van der Waals surface area contributed by atoms with Crippen molar-refractivity contribution in [3.63, 3.8) is 0 Å². The minimum atomic E-state index is 0.853. The van der Waals surface area contributed by atoms with Crippen LogP contribution in [0.1, 0.15) is 18.2 Å². The minimum Gasteiger partial charge on any atom is -0.497 e. The van der Waals surface area contributed by atoms with Gasteiger partial charge in [0.2, 0.25) is 0 Å². The van der Waals surface area contributed by atoms with Gasteiger partial charge in [-0.3, -0.25) is 0 Å². The number of aromatic nitrogens is 1. The number of thiazole rings is 1. The Morgan fingerprint density at radius 1 is 1.04 bits per heavy atom. The molecule has 0 bridgehead atoms. The zero-order chi connectivity index (χ0) is 16.1. The molecule has 0 atom stereocenters. The van der Waals surface area contributed by atoms with E-state index in [9.17, 15) is 0 Å². The van der Waals surface area contributed by atoms with Gasteiger partial charge in [0, 0.05) is 16.1 Å². The molecule has 1 aromatic heterocycles. The van der Waals surface area contributed by atoms with Crippen LogP contribution < -0.4 is 10.1 Å². The van der Waals surface area contributed by atoms with Gasteiger partial charge in [-0.2, -0.15) is 0 Å². The molecule has 0 aliphatic heterocycles. The van der Waals surface area contributed by atoms with Crippen molar-refractivity contribution in [2.45, 2.75) is 19.8 Å². The van der Waals surface area contributed by atoms with E-state index in [2.05, 4.69) is 36.5 Å². The van der Waals surface area contributed by atoms with Crippen LogP contribution in [0.3, 0.4) is 0 Å². The van der Waals surface area contributed by atoms with E-state index < -0.39 is 0 Å².